The molecule has 25 heavy (non-hydrogen) atoms. The zero-order valence-electron chi connectivity index (χ0n) is 13.1. The number of benzene rings is 1. The summed E-state index contributed by atoms with van der Waals surface area (Å²) in [7, 11) is 0. The molecule has 3 aromatic rings. The second-order valence-corrected chi connectivity index (χ2v) is 6.70. The average molecular weight is 370 g/mol. The first kappa shape index (κ1) is 17.0. The van der Waals surface area contributed by atoms with Crippen LogP contribution in [0.1, 0.15) is 5.56 Å². The van der Waals surface area contributed by atoms with Crippen molar-refractivity contribution in [2.45, 2.75) is 0 Å². The van der Waals surface area contributed by atoms with Crippen molar-refractivity contribution in [3.8, 4) is 10.6 Å². The molecule has 0 spiro atoms. The van der Waals surface area contributed by atoms with Crippen molar-refractivity contribution < 1.29 is 4.92 Å². The minimum Gasteiger partial charge on any atom is -0.258 e. The number of rotatable bonds is 6. The molecule has 0 aliphatic heterocycles. The quantitative estimate of drug-likeness (QED) is 0.283. The third-order valence-electron chi connectivity index (χ3n) is 3.22. The van der Waals surface area contributed by atoms with Gasteiger partial charge < -0.3 is 0 Å². The van der Waals surface area contributed by atoms with Gasteiger partial charge in [0, 0.05) is 23.1 Å². The molecule has 1 aromatic carbocycles. The van der Waals surface area contributed by atoms with Gasteiger partial charge in [0.05, 0.1) is 28.3 Å². The van der Waals surface area contributed by atoms with Crippen molar-refractivity contribution in [1.82, 2.24) is 4.68 Å². The fourth-order valence-corrected chi connectivity index (χ4v) is 3.74. The van der Waals surface area contributed by atoms with Crippen LogP contribution < -0.4 is 4.80 Å². The first-order valence-electron chi connectivity index (χ1n) is 7.33. The van der Waals surface area contributed by atoms with Crippen molar-refractivity contribution in [3.05, 3.63) is 80.3 Å². The Morgan fingerprint density at radius 2 is 2.16 bits per heavy atom. The minimum absolute atomic E-state index is 0.0364. The van der Waals surface area contributed by atoms with Crippen LogP contribution >= 0.6 is 22.7 Å². The van der Waals surface area contributed by atoms with Crippen molar-refractivity contribution in [1.29, 1.82) is 0 Å². The van der Waals surface area contributed by atoms with Crippen LogP contribution in [0.3, 0.4) is 0 Å². The lowest BCUT2D eigenvalue weighted by Crippen LogP contribution is -2.12. The van der Waals surface area contributed by atoms with E-state index in [1.54, 1.807) is 40.4 Å². The normalized spacial score (nSPS) is 11.9. The summed E-state index contributed by atoms with van der Waals surface area (Å²) in [5.41, 5.74) is 1.62. The Kier molecular flexibility index (Phi) is 5.32. The molecule has 8 heteroatoms. The lowest BCUT2D eigenvalue weighted by molar-refractivity contribution is -0.384. The zero-order chi connectivity index (χ0) is 17.6. The summed E-state index contributed by atoms with van der Waals surface area (Å²) in [6, 6.07) is 10.4. The number of nitrogens with zero attached hydrogens (tertiary/aromatic N) is 4. The second-order valence-electron chi connectivity index (χ2n) is 4.92. The largest absolute Gasteiger partial charge is 0.270 e. The van der Waals surface area contributed by atoms with Crippen LogP contribution in [-0.4, -0.2) is 22.4 Å². The summed E-state index contributed by atoms with van der Waals surface area (Å²) in [4.78, 5) is 16.8. The van der Waals surface area contributed by atoms with Gasteiger partial charge in [-0.25, -0.2) is 4.68 Å². The van der Waals surface area contributed by atoms with Crippen LogP contribution in [0.25, 0.3) is 10.6 Å². The fraction of sp³-hybridized carbons (Fsp3) is 0.0588. The Hall–Kier alpha value is -2.84. The maximum absolute atomic E-state index is 10.9. The molecule has 0 atom stereocenters. The molecular weight excluding hydrogens is 356 g/mol. The number of aromatic nitrogens is 1. The van der Waals surface area contributed by atoms with Crippen molar-refractivity contribution in [2.24, 2.45) is 10.1 Å². The Morgan fingerprint density at radius 3 is 2.88 bits per heavy atom. The van der Waals surface area contributed by atoms with E-state index in [0.717, 1.165) is 15.4 Å². The van der Waals surface area contributed by atoms with Gasteiger partial charge in [-0.1, -0.05) is 24.3 Å². The summed E-state index contributed by atoms with van der Waals surface area (Å²) in [5, 5.41) is 19.4. The Labute approximate surface area is 151 Å². The molecule has 0 aliphatic carbocycles. The van der Waals surface area contributed by atoms with Crippen molar-refractivity contribution in [3.63, 3.8) is 0 Å². The van der Waals surface area contributed by atoms with E-state index < -0.39 is 4.92 Å². The van der Waals surface area contributed by atoms with Gasteiger partial charge in [-0.2, -0.15) is 5.10 Å². The monoisotopic (exact) mass is 370 g/mol. The lowest BCUT2D eigenvalue weighted by atomic mass is 10.2. The van der Waals surface area contributed by atoms with Crippen molar-refractivity contribution >= 4 is 34.6 Å². The van der Waals surface area contributed by atoms with Crippen molar-refractivity contribution in [2.75, 3.05) is 6.54 Å². The van der Waals surface area contributed by atoms with Crippen LogP contribution in [0.5, 0.6) is 0 Å². The number of non-ortho nitro benzene ring substituents is 1. The molecule has 0 aliphatic rings. The molecule has 0 N–H and O–H groups in total. The van der Waals surface area contributed by atoms with Crippen LogP contribution in [0.2, 0.25) is 0 Å². The molecule has 0 unspecified atom stereocenters. The van der Waals surface area contributed by atoms with Gasteiger partial charge in [-0.3, -0.25) is 15.1 Å². The smallest absolute Gasteiger partial charge is 0.258 e. The van der Waals surface area contributed by atoms with Crippen LogP contribution in [0, 0.1) is 10.1 Å². The molecule has 0 radical (unpaired) electrons. The molecule has 6 nitrogen and oxygen atoms in total. The van der Waals surface area contributed by atoms with Gasteiger partial charge in [-0.15, -0.1) is 29.3 Å². The van der Waals surface area contributed by atoms with E-state index in [0.29, 0.717) is 12.1 Å². The summed E-state index contributed by atoms with van der Waals surface area (Å²) in [5.74, 6) is 0. The number of thiazole rings is 1. The molecule has 0 bridgehead atoms. The number of nitro benzene ring substituents is 1. The number of nitro groups is 1. The van der Waals surface area contributed by atoms with Gasteiger partial charge in [-0.05, 0) is 11.4 Å². The Bertz CT molecular complexity index is 984. The summed E-state index contributed by atoms with van der Waals surface area (Å²) in [6.45, 7) is 4.18. The predicted molar refractivity (Wildman–Crippen MR) is 102 cm³/mol. The summed E-state index contributed by atoms with van der Waals surface area (Å²) < 4.78 is 1.75. The van der Waals surface area contributed by atoms with E-state index in [2.05, 4.69) is 16.7 Å². The highest BCUT2D eigenvalue weighted by Gasteiger charge is 2.08. The first-order valence-corrected chi connectivity index (χ1v) is 9.09. The third kappa shape index (κ3) is 3.98. The molecular formula is C17H14N4O2S2. The standard InChI is InChI=1S/C17H14N4O2S2/c1-2-8-18-17-20(15(12-25-17)16-7-4-9-24-16)19-11-13-5-3-6-14(10-13)21(22)23/h2-7,9-12H,1,8H2. The fourth-order valence-electron chi connectivity index (χ4n) is 2.10. The zero-order valence-corrected chi connectivity index (χ0v) is 14.7. The first-order chi connectivity index (χ1) is 12.2. The van der Waals surface area contributed by atoms with Gasteiger partial charge in [0.1, 0.15) is 0 Å². The SMILES string of the molecule is C=CCN=c1scc(-c2cccs2)n1N=Cc1cccc([N+](=O)[O-])c1. The van der Waals surface area contributed by atoms with Crippen LogP contribution in [-0.2, 0) is 0 Å². The maximum Gasteiger partial charge on any atom is 0.270 e. The molecule has 2 heterocycles. The van der Waals surface area contributed by atoms with Gasteiger partial charge in [0.15, 0.2) is 0 Å². The van der Waals surface area contributed by atoms with E-state index in [-0.39, 0.29) is 5.69 Å². The lowest BCUT2D eigenvalue weighted by Gasteiger charge is -2.01. The van der Waals surface area contributed by atoms with Gasteiger partial charge in [0.2, 0.25) is 4.80 Å². The molecule has 0 amide bonds. The van der Waals surface area contributed by atoms with E-state index in [9.17, 15) is 10.1 Å². The van der Waals surface area contributed by atoms with Crippen LogP contribution in [0.15, 0.2) is 69.9 Å². The number of hydrogen-bond donors (Lipinski definition) is 0. The molecule has 0 fully saturated rings. The molecule has 0 saturated carbocycles. The highest BCUT2D eigenvalue weighted by atomic mass is 32.1. The average Bonchev–Trinajstić information content (AvgIpc) is 3.27. The molecule has 3 rings (SSSR count). The van der Waals surface area contributed by atoms with Gasteiger partial charge >= 0.3 is 0 Å². The topological polar surface area (TPSA) is 72.8 Å². The summed E-state index contributed by atoms with van der Waals surface area (Å²) in [6.07, 6.45) is 3.32. The van der Waals surface area contributed by atoms with E-state index in [1.807, 2.05) is 22.9 Å². The predicted octanol–water partition coefficient (Wildman–Crippen LogP) is 4.16. The van der Waals surface area contributed by atoms with E-state index in [1.165, 1.54) is 23.5 Å². The van der Waals surface area contributed by atoms with Crippen LogP contribution in [0.4, 0.5) is 5.69 Å². The highest BCUT2D eigenvalue weighted by molar-refractivity contribution is 7.14. The van der Waals surface area contributed by atoms with E-state index >= 15 is 0 Å². The van der Waals surface area contributed by atoms with Gasteiger partial charge in [0.25, 0.3) is 5.69 Å². The molecule has 126 valence electrons. The number of hydrogen-bond acceptors (Lipinski definition) is 6. The minimum atomic E-state index is -0.420. The Morgan fingerprint density at radius 1 is 1.28 bits per heavy atom. The molecule has 2 aromatic heterocycles. The van der Waals surface area contributed by atoms with E-state index in [4.69, 9.17) is 0 Å². The Balaban J connectivity index is 2.03. The highest BCUT2D eigenvalue weighted by Crippen LogP contribution is 2.25. The maximum atomic E-state index is 10.9. The summed E-state index contributed by atoms with van der Waals surface area (Å²) >= 11 is 3.11. The third-order valence-corrected chi connectivity index (χ3v) is 4.96. The number of thiophene rings is 1. The molecule has 0 saturated heterocycles. The second kappa shape index (κ2) is 7.82.